The predicted octanol–water partition coefficient (Wildman–Crippen LogP) is 8.23. The zero-order valence-corrected chi connectivity index (χ0v) is 20.1. The largest absolute Gasteiger partial charge is 0.573 e. The highest BCUT2D eigenvalue weighted by Gasteiger charge is 2.31. The molecule has 0 unspecified atom stereocenters. The van der Waals surface area contributed by atoms with Crippen LogP contribution in [-0.2, 0) is 13.1 Å². The number of halogens is 3. The molecule has 5 rings (SSSR count). The molecule has 0 aliphatic carbocycles. The van der Waals surface area contributed by atoms with Gasteiger partial charge in [0.1, 0.15) is 5.75 Å². The van der Waals surface area contributed by atoms with Crippen LogP contribution in [0, 0.1) is 0 Å². The highest BCUT2D eigenvalue weighted by Crippen LogP contribution is 2.34. The second kappa shape index (κ2) is 9.70. The van der Waals surface area contributed by atoms with Crippen molar-refractivity contribution in [3.63, 3.8) is 0 Å². The third-order valence-electron chi connectivity index (χ3n) is 6.59. The molecule has 0 bridgehead atoms. The van der Waals surface area contributed by atoms with Crippen LogP contribution in [0.3, 0.4) is 0 Å². The maximum atomic E-state index is 12.5. The summed E-state index contributed by atoms with van der Waals surface area (Å²) in [5.74, 6) is -0.224. The van der Waals surface area contributed by atoms with E-state index >= 15 is 0 Å². The number of nitrogens with zero attached hydrogens (tertiary/aromatic N) is 1. The fourth-order valence-electron chi connectivity index (χ4n) is 4.79. The monoisotopic (exact) mass is 488 g/mol. The van der Waals surface area contributed by atoms with Crippen molar-refractivity contribution >= 4 is 21.7 Å². The number of alkyl halides is 3. The molecule has 1 heterocycles. The van der Waals surface area contributed by atoms with Crippen LogP contribution in [-0.4, -0.2) is 10.9 Å². The van der Waals surface area contributed by atoms with Gasteiger partial charge in [0, 0.05) is 41.8 Å². The van der Waals surface area contributed by atoms with Gasteiger partial charge >= 0.3 is 6.36 Å². The molecular formula is C30H27F3N2O. The molecule has 0 radical (unpaired) electrons. The van der Waals surface area contributed by atoms with Crippen molar-refractivity contribution in [2.45, 2.75) is 39.3 Å². The number of fused-ring (bicyclic) bond motifs is 2. The first-order chi connectivity index (χ1) is 17.3. The van der Waals surface area contributed by atoms with E-state index in [1.54, 1.807) is 12.1 Å². The Labute approximate surface area is 208 Å². The highest BCUT2D eigenvalue weighted by atomic mass is 19.4. The van der Waals surface area contributed by atoms with E-state index in [9.17, 15) is 13.2 Å². The van der Waals surface area contributed by atoms with Gasteiger partial charge < -0.3 is 14.6 Å². The quantitative estimate of drug-likeness (QED) is 0.250. The molecule has 0 saturated heterocycles. The van der Waals surface area contributed by atoms with E-state index in [0.29, 0.717) is 6.54 Å². The molecule has 1 aromatic heterocycles. The summed E-state index contributed by atoms with van der Waals surface area (Å²) in [5, 5.41) is 7.19. The van der Waals surface area contributed by atoms with Crippen LogP contribution in [0.5, 0.6) is 5.75 Å². The predicted molar refractivity (Wildman–Crippen MR) is 139 cm³/mol. The molecule has 0 spiro atoms. The van der Waals surface area contributed by atoms with E-state index in [2.05, 4.69) is 95.3 Å². The van der Waals surface area contributed by atoms with E-state index in [-0.39, 0.29) is 11.8 Å². The van der Waals surface area contributed by atoms with E-state index in [1.807, 2.05) is 0 Å². The van der Waals surface area contributed by atoms with E-state index in [0.717, 1.165) is 34.1 Å². The summed E-state index contributed by atoms with van der Waals surface area (Å²) in [7, 11) is 0. The summed E-state index contributed by atoms with van der Waals surface area (Å²) in [6, 6.07) is 27.4. The van der Waals surface area contributed by atoms with Crippen LogP contribution in [0.2, 0.25) is 0 Å². The Balaban J connectivity index is 1.41. The second-order valence-electron chi connectivity index (χ2n) is 8.92. The van der Waals surface area contributed by atoms with Crippen LogP contribution >= 0.6 is 0 Å². The minimum atomic E-state index is -4.70. The van der Waals surface area contributed by atoms with Crippen molar-refractivity contribution in [2.24, 2.45) is 0 Å². The molecule has 4 aromatic carbocycles. The average Bonchev–Trinajstić information content (AvgIpc) is 3.24. The van der Waals surface area contributed by atoms with E-state index in [4.69, 9.17) is 0 Å². The van der Waals surface area contributed by atoms with Gasteiger partial charge in [-0.25, -0.2) is 0 Å². The number of ether oxygens (including phenoxy) is 1. The van der Waals surface area contributed by atoms with Crippen molar-refractivity contribution in [3.05, 3.63) is 102 Å². The fraction of sp³-hybridized carbons (Fsp3) is 0.200. The van der Waals surface area contributed by atoms with Gasteiger partial charge in [0.25, 0.3) is 0 Å². The van der Waals surface area contributed by atoms with Crippen LogP contribution in [0.1, 0.15) is 31.0 Å². The molecule has 1 atom stereocenters. The van der Waals surface area contributed by atoms with Crippen LogP contribution < -0.4 is 10.1 Å². The Morgan fingerprint density at radius 3 is 2.39 bits per heavy atom. The van der Waals surface area contributed by atoms with Crippen molar-refractivity contribution < 1.29 is 17.9 Å². The number of rotatable bonds is 7. The molecule has 0 fully saturated rings. The molecule has 184 valence electrons. The molecule has 1 N–H and O–H groups in total. The van der Waals surface area contributed by atoms with Gasteiger partial charge in [-0.2, -0.15) is 0 Å². The van der Waals surface area contributed by atoms with Gasteiger partial charge in [-0.3, -0.25) is 0 Å². The zero-order chi connectivity index (χ0) is 25.3. The Kier molecular flexibility index (Phi) is 6.46. The SMILES string of the molecule is CCn1cc(-c2ccc(OC(F)(F)F)cc2)c2cc(CN[C@H](C)c3cccc4ccccc34)ccc21. The van der Waals surface area contributed by atoms with Gasteiger partial charge in [0.15, 0.2) is 0 Å². The molecule has 0 aliphatic heterocycles. The molecule has 36 heavy (non-hydrogen) atoms. The Morgan fingerprint density at radius 2 is 1.64 bits per heavy atom. The summed E-state index contributed by atoms with van der Waals surface area (Å²) in [6.07, 6.45) is -2.65. The topological polar surface area (TPSA) is 26.2 Å². The van der Waals surface area contributed by atoms with Crippen molar-refractivity contribution in [1.82, 2.24) is 9.88 Å². The van der Waals surface area contributed by atoms with Gasteiger partial charge in [-0.1, -0.05) is 60.7 Å². The lowest BCUT2D eigenvalue weighted by Gasteiger charge is -2.17. The smallest absolute Gasteiger partial charge is 0.406 e. The van der Waals surface area contributed by atoms with E-state index in [1.165, 1.54) is 28.5 Å². The molecule has 3 nitrogen and oxygen atoms in total. The second-order valence-corrected chi connectivity index (χ2v) is 8.92. The number of hydrogen-bond acceptors (Lipinski definition) is 2. The zero-order valence-electron chi connectivity index (χ0n) is 20.1. The van der Waals surface area contributed by atoms with Crippen LogP contribution in [0.4, 0.5) is 13.2 Å². The van der Waals surface area contributed by atoms with Crippen LogP contribution in [0.15, 0.2) is 91.1 Å². The number of aryl methyl sites for hydroxylation is 1. The van der Waals surface area contributed by atoms with Crippen molar-refractivity contribution in [3.8, 4) is 16.9 Å². The first kappa shape index (κ1) is 23.9. The lowest BCUT2D eigenvalue weighted by Crippen LogP contribution is -2.18. The Bertz CT molecular complexity index is 1500. The van der Waals surface area contributed by atoms with Gasteiger partial charge in [0.2, 0.25) is 0 Å². The van der Waals surface area contributed by atoms with Gasteiger partial charge in [0.05, 0.1) is 0 Å². The minimum absolute atomic E-state index is 0.160. The summed E-state index contributed by atoms with van der Waals surface area (Å²) in [5.41, 5.74) is 5.31. The third-order valence-corrected chi connectivity index (χ3v) is 6.59. The average molecular weight is 489 g/mol. The van der Waals surface area contributed by atoms with Crippen molar-refractivity contribution in [2.75, 3.05) is 0 Å². The maximum Gasteiger partial charge on any atom is 0.573 e. The lowest BCUT2D eigenvalue weighted by atomic mass is 9.99. The fourth-order valence-corrected chi connectivity index (χ4v) is 4.79. The number of hydrogen-bond donors (Lipinski definition) is 1. The summed E-state index contributed by atoms with van der Waals surface area (Å²) in [4.78, 5) is 0. The molecule has 6 heteroatoms. The first-order valence-corrected chi connectivity index (χ1v) is 12.0. The minimum Gasteiger partial charge on any atom is -0.406 e. The normalized spacial score (nSPS) is 12.8. The summed E-state index contributed by atoms with van der Waals surface area (Å²) >= 11 is 0. The Hall–Kier alpha value is -3.77. The summed E-state index contributed by atoms with van der Waals surface area (Å²) < 4.78 is 43.8. The van der Waals surface area contributed by atoms with Crippen LogP contribution in [0.25, 0.3) is 32.8 Å². The highest BCUT2D eigenvalue weighted by molar-refractivity contribution is 5.96. The van der Waals surface area contributed by atoms with Crippen molar-refractivity contribution in [1.29, 1.82) is 0 Å². The van der Waals surface area contributed by atoms with Gasteiger partial charge in [-0.05, 0) is 65.6 Å². The molecule has 0 saturated carbocycles. The number of aromatic nitrogens is 1. The molecule has 0 amide bonds. The standard InChI is InChI=1S/C30H27F3N2O/c1-3-35-19-28(23-12-14-24(15-13-23)36-30(31,32)33)27-17-21(11-16-29(27)35)18-34-20(2)25-10-6-8-22-7-4-5-9-26(22)25/h4-17,19-20,34H,3,18H2,1-2H3/t20-/m1/s1. The lowest BCUT2D eigenvalue weighted by molar-refractivity contribution is -0.274. The third kappa shape index (κ3) is 4.95. The first-order valence-electron chi connectivity index (χ1n) is 12.0. The summed E-state index contributed by atoms with van der Waals surface area (Å²) in [6.45, 7) is 5.73. The number of nitrogens with one attached hydrogen (secondary N) is 1. The molecular weight excluding hydrogens is 461 g/mol. The van der Waals surface area contributed by atoms with E-state index < -0.39 is 6.36 Å². The molecule has 0 aliphatic rings. The molecule has 5 aromatic rings. The number of benzene rings is 4. The maximum absolute atomic E-state index is 12.5. The Morgan fingerprint density at radius 1 is 0.889 bits per heavy atom. The van der Waals surface area contributed by atoms with Gasteiger partial charge in [-0.15, -0.1) is 13.2 Å².